The van der Waals surface area contributed by atoms with E-state index < -0.39 is 0 Å². The summed E-state index contributed by atoms with van der Waals surface area (Å²) < 4.78 is 16.0. The Bertz CT molecular complexity index is 928. The van der Waals surface area contributed by atoms with E-state index in [0.29, 0.717) is 17.9 Å². The smallest absolute Gasteiger partial charge is 0.339 e. The highest BCUT2D eigenvalue weighted by Crippen LogP contribution is 2.36. The van der Waals surface area contributed by atoms with Crippen LogP contribution < -0.4 is 9.47 Å². The first-order chi connectivity index (χ1) is 11.6. The minimum Gasteiger partial charge on any atom is -0.497 e. The van der Waals surface area contributed by atoms with Gasteiger partial charge >= 0.3 is 5.97 Å². The molecule has 0 N–H and O–H groups in total. The van der Waals surface area contributed by atoms with Gasteiger partial charge in [0.15, 0.2) is 0 Å². The lowest BCUT2D eigenvalue weighted by atomic mass is 9.92. The molecule has 0 aromatic heterocycles. The van der Waals surface area contributed by atoms with Crippen molar-refractivity contribution in [2.45, 2.75) is 13.8 Å². The average molecular weight is 324 g/mol. The maximum atomic E-state index is 12.6. The highest BCUT2D eigenvalue weighted by Gasteiger charge is 2.19. The molecule has 3 aromatic rings. The summed E-state index contributed by atoms with van der Waals surface area (Å²) in [5.74, 6) is 1.14. The Labute approximate surface area is 140 Å². The van der Waals surface area contributed by atoms with E-state index in [1.165, 1.54) is 0 Å². The number of fused-ring (bicyclic) bond motifs is 3. The Morgan fingerprint density at radius 2 is 1.42 bits per heavy atom. The van der Waals surface area contributed by atoms with Gasteiger partial charge in [0.1, 0.15) is 11.5 Å². The fourth-order valence-electron chi connectivity index (χ4n) is 3.09. The van der Waals surface area contributed by atoms with E-state index in [9.17, 15) is 4.79 Å². The van der Waals surface area contributed by atoms with Crippen LogP contribution in [0.1, 0.15) is 22.8 Å². The Morgan fingerprint density at radius 1 is 0.875 bits per heavy atom. The molecule has 0 fully saturated rings. The second-order valence-electron chi connectivity index (χ2n) is 5.54. The number of hydrogen-bond donors (Lipinski definition) is 0. The van der Waals surface area contributed by atoms with Crippen molar-refractivity contribution in [1.29, 1.82) is 0 Å². The minimum absolute atomic E-state index is 0.321. The van der Waals surface area contributed by atoms with Gasteiger partial charge in [-0.1, -0.05) is 12.1 Å². The van der Waals surface area contributed by atoms with Crippen molar-refractivity contribution in [3.63, 3.8) is 0 Å². The number of ether oxygens (including phenoxy) is 3. The van der Waals surface area contributed by atoms with E-state index in [4.69, 9.17) is 14.2 Å². The third-order valence-corrected chi connectivity index (χ3v) is 4.27. The predicted molar refractivity (Wildman–Crippen MR) is 95.3 cm³/mol. The summed E-state index contributed by atoms with van der Waals surface area (Å²) in [5, 5.41) is 3.87. The van der Waals surface area contributed by atoms with E-state index in [2.05, 4.69) is 0 Å². The molecule has 0 radical (unpaired) electrons. The number of benzene rings is 3. The molecule has 0 spiro atoms. The first kappa shape index (κ1) is 16.1. The van der Waals surface area contributed by atoms with Crippen LogP contribution >= 0.6 is 0 Å². The van der Waals surface area contributed by atoms with Crippen LogP contribution in [-0.2, 0) is 4.74 Å². The first-order valence-electron chi connectivity index (χ1n) is 7.85. The molecule has 0 heterocycles. The topological polar surface area (TPSA) is 44.8 Å². The zero-order valence-electron chi connectivity index (χ0n) is 14.3. The number of esters is 1. The van der Waals surface area contributed by atoms with Crippen LogP contribution in [0.4, 0.5) is 0 Å². The van der Waals surface area contributed by atoms with E-state index >= 15 is 0 Å². The van der Waals surface area contributed by atoms with Gasteiger partial charge in [-0.05, 0) is 59.8 Å². The molecule has 0 amide bonds. The molecule has 4 nitrogen and oxygen atoms in total. The summed E-state index contributed by atoms with van der Waals surface area (Å²) >= 11 is 0. The van der Waals surface area contributed by atoms with Crippen molar-refractivity contribution in [1.82, 2.24) is 0 Å². The molecule has 0 aliphatic carbocycles. The van der Waals surface area contributed by atoms with Gasteiger partial charge in [0.2, 0.25) is 0 Å². The molecule has 0 bridgehead atoms. The van der Waals surface area contributed by atoms with Crippen LogP contribution in [0.25, 0.3) is 21.5 Å². The summed E-state index contributed by atoms with van der Waals surface area (Å²) in [6, 6.07) is 11.7. The summed E-state index contributed by atoms with van der Waals surface area (Å²) in [4.78, 5) is 12.6. The highest BCUT2D eigenvalue weighted by atomic mass is 16.5. The minimum atomic E-state index is -0.321. The van der Waals surface area contributed by atoms with Gasteiger partial charge < -0.3 is 14.2 Å². The second-order valence-corrected chi connectivity index (χ2v) is 5.54. The molecule has 124 valence electrons. The number of carbonyl (C=O) groups excluding carboxylic acids is 1. The summed E-state index contributed by atoms with van der Waals surface area (Å²) in [5.41, 5.74) is 1.45. The summed E-state index contributed by atoms with van der Waals surface area (Å²) in [6.07, 6.45) is 0. The largest absolute Gasteiger partial charge is 0.497 e. The standard InChI is InChI=1S/C20H20O4/c1-5-24-20(21)19-12(2)17-10-13(22-3)6-8-15(17)16-9-7-14(23-4)11-18(16)19/h6-11H,5H2,1-4H3. The lowest BCUT2D eigenvalue weighted by Gasteiger charge is -2.15. The van der Waals surface area contributed by atoms with Crippen molar-refractivity contribution in [2.24, 2.45) is 0 Å². The first-order valence-corrected chi connectivity index (χ1v) is 7.85. The van der Waals surface area contributed by atoms with Crippen LogP contribution in [0.15, 0.2) is 36.4 Å². The quantitative estimate of drug-likeness (QED) is 0.524. The molecular formula is C20H20O4. The van der Waals surface area contributed by atoms with E-state index in [-0.39, 0.29) is 5.97 Å². The molecule has 3 rings (SSSR count). The fourth-order valence-corrected chi connectivity index (χ4v) is 3.09. The number of rotatable bonds is 4. The van der Waals surface area contributed by atoms with Gasteiger partial charge in [-0.3, -0.25) is 0 Å². The third-order valence-electron chi connectivity index (χ3n) is 4.27. The van der Waals surface area contributed by atoms with Gasteiger partial charge in [-0.2, -0.15) is 0 Å². The predicted octanol–water partition coefficient (Wildman–Crippen LogP) is 4.50. The van der Waals surface area contributed by atoms with E-state index in [1.807, 2.05) is 43.3 Å². The molecule has 0 saturated carbocycles. The van der Waals surface area contributed by atoms with Crippen LogP contribution in [0.5, 0.6) is 11.5 Å². The van der Waals surface area contributed by atoms with Crippen molar-refractivity contribution < 1.29 is 19.0 Å². The Morgan fingerprint density at radius 3 is 1.96 bits per heavy atom. The number of carbonyl (C=O) groups is 1. The molecule has 0 unspecified atom stereocenters. The maximum Gasteiger partial charge on any atom is 0.339 e. The monoisotopic (exact) mass is 324 g/mol. The fraction of sp³-hybridized carbons (Fsp3) is 0.250. The Balaban J connectivity index is 2.46. The molecule has 0 aliphatic heterocycles. The summed E-state index contributed by atoms with van der Waals surface area (Å²) in [7, 11) is 3.25. The third kappa shape index (κ3) is 2.54. The lowest BCUT2D eigenvalue weighted by Crippen LogP contribution is -2.08. The molecule has 0 aliphatic rings. The van der Waals surface area contributed by atoms with E-state index in [0.717, 1.165) is 32.9 Å². The van der Waals surface area contributed by atoms with Crippen molar-refractivity contribution in [2.75, 3.05) is 20.8 Å². The van der Waals surface area contributed by atoms with Gasteiger partial charge in [-0.25, -0.2) is 4.79 Å². The SMILES string of the molecule is CCOC(=O)c1c(C)c2cc(OC)ccc2c2ccc(OC)cc12. The van der Waals surface area contributed by atoms with Gasteiger partial charge in [0.05, 0.1) is 26.4 Å². The van der Waals surface area contributed by atoms with Crippen LogP contribution in [-0.4, -0.2) is 26.8 Å². The molecule has 3 aromatic carbocycles. The highest BCUT2D eigenvalue weighted by molar-refractivity contribution is 6.18. The van der Waals surface area contributed by atoms with Crippen molar-refractivity contribution in [3.05, 3.63) is 47.5 Å². The van der Waals surface area contributed by atoms with Crippen LogP contribution in [0.3, 0.4) is 0 Å². The zero-order valence-corrected chi connectivity index (χ0v) is 14.3. The van der Waals surface area contributed by atoms with Crippen LogP contribution in [0, 0.1) is 6.92 Å². The lowest BCUT2D eigenvalue weighted by molar-refractivity contribution is 0.0528. The zero-order chi connectivity index (χ0) is 17.3. The van der Waals surface area contributed by atoms with Crippen molar-refractivity contribution >= 4 is 27.5 Å². The molecule has 24 heavy (non-hydrogen) atoms. The number of methoxy groups -OCH3 is 2. The van der Waals surface area contributed by atoms with E-state index in [1.54, 1.807) is 21.1 Å². The Hall–Kier alpha value is -2.75. The Kier molecular flexibility index (Phi) is 4.30. The van der Waals surface area contributed by atoms with Gasteiger partial charge in [0, 0.05) is 5.39 Å². The van der Waals surface area contributed by atoms with Crippen molar-refractivity contribution in [3.8, 4) is 11.5 Å². The number of aryl methyl sites for hydroxylation is 1. The summed E-state index contributed by atoms with van der Waals surface area (Å²) in [6.45, 7) is 4.08. The molecule has 4 heteroatoms. The normalized spacial score (nSPS) is 10.8. The second kappa shape index (κ2) is 6.40. The average Bonchev–Trinajstić information content (AvgIpc) is 2.61. The molecular weight excluding hydrogens is 304 g/mol. The van der Waals surface area contributed by atoms with Crippen LogP contribution in [0.2, 0.25) is 0 Å². The number of hydrogen-bond acceptors (Lipinski definition) is 4. The van der Waals surface area contributed by atoms with Gasteiger partial charge in [0.25, 0.3) is 0 Å². The van der Waals surface area contributed by atoms with Gasteiger partial charge in [-0.15, -0.1) is 0 Å². The molecule has 0 atom stereocenters. The maximum absolute atomic E-state index is 12.6. The molecule has 0 saturated heterocycles.